The molecular formula is C38H46O6S2. The number of ether oxygens (including phenoxy) is 4. The fourth-order valence-electron chi connectivity index (χ4n) is 6.17. The van der Waals surface area contributed by atoms with E-state index in [1.165, 1.54) is 0 Å². The molecule has 4 aromatic rings. The molecule has 0 saturated heterocycles. The number of phenols is 2. The minimum Gasteiger partial charge on any atom is -0.508 e. The van der Waals surface area contributed by atoms with E-state index in [0.29, 0.717) is 12.8 Å². The Morgan fingerprint density at radius 1 is 0.500 bits per heavy atom. The lowest BCUT2D eigenvalue weighted by Gasteiger charge is -2.52. The number of methoxy groups -OCH3 is 4. The van der Waals surface area contributed by atoms with E-state index in [-0.39, 0.29) is 24.7 Å². The maximum Gasteiger partial charge on any atom is 0.118 e. The Morgan fingerprint density at radius 3 is 1.13 bits per heavy atom. The van der Waals surface area contributed by atoms with Crippen molar-refractivity contribution in [1.82, 2.24) is 0 Å². The van der Waals surface area contributed by atoms with Gasteiger partial charge in [-0.15, -0.1) is 0 Å². The maximum absolute atomic E-state index is 11.1. The zero-order valence-electron chi connectivity index (χ0n) is 27.6. The van der Waals surface area contributed by atoms with Crippen molar-refractivity contribution in [3.63, 3.8) is 0 Å². The average molecular weight is 663 g/mol. The van der Waals surface area contributed by atoms with E-state index >= 15 is 0 Å². The van der Waals surface area contributed by atoms with Crippen molar-refractivity contribution in [2.24, 2.45) is 0 Å². The molecule has 0 saturated carbocycles. The minimum absolute atomic E-state index is 0.217. The van der Waals surface area contributed by atoms with Gasteiger partial charge in [0.25, 0.3) is 0 Å². The lowest BCUT2D eigenvalue weighted by Crippen LogP contribution is -2.55. The maximum atomic E-state index is 11.1. The fraction of sp³-hybridized carbons (Fsp3) is 0.368. The van der Waals surface area contributed by atoms with Crippen LogP contribution in [0.1, 0.15) is 36.1 Å². The van der Waals surface area contributed by atoms with Gasteiger partial charge in [-0.25, -0.2) is 0 Å². The molecule has 46 heavy (non-hydrogen) atoms. The molecule has 246 valence electrons. The molecule has 0 radical (unpaired) electrons. The van der Waals surface area contributed by atoms with E-state index in [1.807, 2.05) is 72.8 Å². The lowest BCUT2D eigenvalue weighted by atomic mass is 9.78. The molecule has 4 atom stereocenters. The van der Waals surface area contributed by atoms with Crippen LogP contribution < -0.4 is 0 Å². The van der Waals surface area contributed by atoms with Crippen LogP contribution >= 0.6 is 21.6 Å². The molecular weight excluding hydrogens is 617 g/mol. The molecule has 8 heteroatoms. The second kappa shape index (κ2) is 15.7. The van der Waals surface area contributed by atoms with Crippen molar-refractivity contribution in [3.8, 4) is 11.5 Å². The second-order valence-corrected chi connectivity index (χ2v) is 14.6. The summed E-state index contributed by atoms with van der Waals surface area (Å²) in [4.78, 5) is 0. The van der Waals surface area contributed by atoms with E-state index in [0.717, 1.165) is 22.3 Å². The highest BCUT2D eigenvalue weighted by molar-refractivity contribution is 8.77. The Hall–Kier alpha value is -2.98. The Bertz CT molecular complexity index is 1410. The van der Waals surface area contributed by atoms with Crippen LogP contribution in [0.4, 0.5) is 0 Å². The van der Waals surface area contributed by atoms with Gasteiger partial charge in [-0.1, -0.05) is 119 Å². The molecule has 0 amide bonds. The van der Waals surface area contributed by atoms with Crippen molar-refractivity contribution >= 4 is 21.6 Å². The first kappa shape index (κ1) is 35.9. The zero-order valence-corrected chi connectivity index (χ0v) is 29.2. The highest BCUT2D eigenvalue weighted by Gasteiger charge is 2.57. The quantitative estimate of drug-likeness (QED) is 0.110. The summed E-state index contributed by atoms with van der Waals surface area (Å²) >= 11 is 0. The van der Waals surface area contributed by atoms with Crippen molar-refractivity contribution in [1.29, 1.82) is 0 Å². The van der Waals surface area contributed by atoms with Gasteiger partial charge in [0.15, 0.2) is 0 Å². The van der Waals surface area contributed by atoms with Crippen LogP contribution in [0.25, 0.3) is 0 Å². The summed E-state index contributed by atoms with van der Waals surface area (Å²) in [7, 11) is 10.1. The number of hydrogen-bond acceptors (Lipinski definition) is 8. The Morgan fingerprint density at radius 2 is 0.826 bits per heavy atom. The van der Waals surface area contributed by atoms with Crippen LogP contribution in [0.5, 0.6) is 11.5 Å². The highest BCUT2D eigenvalue weighted by atomic mass is 33.1. The number of aromatic hydroxyl groups is 2. The molecule has 4 aromatic carbocycles. The van der Waals surface area contributed by atoms with Gasteiger partial charge in [-0.05, 0) is 61.1 Å². The van der Waals surface area contributed by atoms with Gasteiger partial charge in [-0.3, -0.25) is 0 Å². The molecule has 0 heterocycles. The van der Waals surface area contributed by atoms with Gasteiger partial charge in [0, 0.05) is 28.4 Å². The Kier molecular flexibility index (Phi) is 12.3. The normalized spacial score (nSPS) is 16.9. The number of hydrogen-bond donors (Lipinski definition) is 2. The molecule has 0 fully saturated rings. The number of benzene rings is 4. The monoisotopic (exact) mass is 662 g/mol. The van der Waals surface area contributed by atoms with Crippen molar-refractivity contribution in [2.45, 2.75) is 47.4 Å². The van der Waals surface area contributed by atoms with Gasteiger partial charge < -0.3 is 29.2 Å². The van der Waals surface area contributed by atoms with Crippen LogP contribution in [0.2, 0.25) is 0 Å². The fourth-order valence-corrected chi connectivity index (χ4v) is 10.8. The van der Waals surface area contributed by atoms with Gasteiger partial charge in [0.2, 0.25) is 0 Å². The van der Waals surface area contributed by atoms with E-state index in [1.54, 1.807) is 62.2 Å². The van der Waals surface area contributed by atoms with E-state index in [2.05, 4.69) is 38.1 Å². The van der Waals surface area contributed by atoms with Gasteiger partial charge in [-0.2, -0.15) is 0 Å². The molecule has 0 aliphatic carbocycles. The summed E-state index contributed by atoms with van der Waals surface area (Å²) < 4.78 is 23.0. The molecule has 0 aliphatic heterocycles. The molecule has 0 bridgehead atoms. The van der Waals surface area contributed by atoms with Gasteiger partial charge in [0.1, 0.15) is 22.7 Å². The van der Waals surface area contributed by atoms with Gasteiger partial charge in [0.05, 0.1) is 22.7 Å². The predicted octanol–water partition coefficient (Wildman–Crippen LogP) is 8.16. The summed E-state index contributed by atoms with van der Waals surface area (Å²) in [5.41, 5.74) is 1.88. The Balaban J connectivity index is 2.03. The molecule has 0 aromatic heterocycles. The zero-order chi connectivity index (χ0) is 33.3. The van der Waals surface area contributed by atoms with Crippen molar-refractivity contribution in [3.05, 3.63) is 131 Å². The third-order valence-corrected chi connectivity index (χ3v) is 13.4. The number of phenolic OH excluding ortho intramolecular Hbond substituents is 2. The van der Waals surface area contributed by atoms with E-state index in [4.69, 9.17) is 18.9 Å². The smallest absolute Gasteiger partial charge is 0.118 e. The summed E-state index contributed by atoms with van der Waals surface area (Å²) in [6, 6.07) is 35.4. The number of rotatable bonds is 17. The molecule has 4 unspecified atom stereocenters. The summed E-state index contributed by atoms with van der Waals surface area (Å²) in [6.07, 6.45) is 0.870. The van der Waals surface area contributed by atoms with Crippen LogP contribution in [0.15, 0.2) is 109 Å². The topological polar surface area (TPSA) is 77.4 Å². The highest BCUT2D eigenvalue weighted by Crippen LogP contribution is 2.63. The van der Waals surface area contributed by atoms with E-state index < -0.39 is 20.7 Å². The van der Waals surface area contributed by atoms with Crippen LogP contribution in [-0.2, 0) is 41.3 Å². The third kappa shape index (κ3) is 7.13. The largest absolute Gasteiger partial charge is 0.508 e. The average Bonchev–Trinajstić information content (AvgIpc) is 3.08. The first-order valence-corrected chi connectivity index (χ1v) is 17.4. The van der Waals surface area contributed by atoms with E-state index in [9.17, 15) is 10.2 Å². The van der Waals surface area contributed by atoms with Crippen molar-refractivity contribution < 1.29 is 29.2 Å². The first-order chi connectivity index (χ1) is 22.1. The summed E-state index contributed by atoms with van der Waals surface area (Å²) in [5.74, 6) is 0.433. The summed E-state index contributed by atoms with van der Waals surface area (Å²) in [6.45, 7) is 4.71. The standard InChI is InChI=1S/C38H46O6S2/c1-35(43-5,27-41-3)37(31-19-9-7-10-20-31,25-29-17-13-15-23-33(29)39)45-46-38(32-21-11-8-12-22-32,36(2,44-6)28-42-4)26-30-18-14-16-24-34(30)40/h7-24,39-40H,25-28H2,1-6H3. The van der Waals surface area contributed by atoms with Crippen molar-refractivity contribution in [2.75, 3.05) is 41.7 Å². The molecule has 0 spiro atoms. The molecule has 6 nitrogen and oxygen atoms in total. The molecule has 4 rings (SSSR count). The van der Waals surface area contributed by atoms with Crippen LogP contribution in [0.3, 0.4) is 0 Å². The third-order valence-electron chi connectivity index (χ3n) is 9.12. The van der Waals surface area contributed by atoms with Crippen LogP contribution in [0, 0.1) is 0 Å². The first-order valence-electron chi connectivity index (χ1n) is 15.2. The summed E-state index contributed by atoms with van der Waals surface area (Å²) in [5, 5.41) is 22.2. The number of para-hydroxylation sites is 2. The molecule has 2 N–H and O–H groups in total. The second-order valence-electron chi connectivity index (χ2n) is 11.9. The van der Waals surface area contributed by atoms with Crippen LogP contribution in [-0.4, -0.2) is 63.1 Å². The SMILES string of the molecule is COCC(C)(OC)C(Cc1ccccc1O)(SSC(Cc1ccccc1O)(c1ccccc1)C(C)(COC)OC)c1ccccc1. The molecule has 0 aliphatic rings. The minimum atomic E-state index is -0.870. The van der Waals surface area contributed by atoms with Gasteiger partial charge >= 0.3 is 0 Å². The predicted molar refractivity (Wildman–Crippen MR) is 190 cm³/mol. The lowest BCUT2D eigenvalue weighted by molar-refractivity contribution is -0.0801. The Labute approximate surface area is 281 Å².